The lowest BCUT2D eigenvalue weighted by Gasteiger charge is -2.31. The lowest BCUT2D eigenvalue weighted by molar-refractivity contribution is -0.122. The van der Waals surface area contributed by atoms with E-state index in [1.165, 1.54) is 15.3 Å². The summed E-state index contributed by atoms with van der Waals surface area (Å²) in [5.74, 6) is 0.113. The molecule has 3 N–H and O–H groups in total. The number of hydrogen-bond acceptors (Lipinski definition) is 3. The maximum absolute atomic E-state index is 12.0. The summed E-state index contributed by atoms with van der Waals surface area (Å²) in [5.41, 5.74) is 6.62. The van der Waals surface area contributed by atoms with Gasteiger partial charge in [-0.15, -0.1) is 11.3 Å². The molecule has 0 unspecified atom stereocenters. The molecule has 2 heterocycles. The number of carbonyl (C=O) groups is 2. The van der Waals surface area contributed by atoms with Crippen LogP contribution in [0.25, 0.3) is 0 Å². The molecule has 0 saturated carbocycles. The van der Waals surface area contributed by atoms with E-state index in [2.05, 4.69) is 25.2 Å². The van der Waals surface area contributed by atoms with E-state index in [4.69, 9.17) is 5.73 Å². The number of urea groups is 1. The molecule has 0 bridgehead atoms. The Kier molecular flexibility index (Phi) is 5.83. The number of piperidine rings is 1. The first kappa shape index (κ1) is 16.8. The number of rotatable bonds is 5. The zero-order valence-corrected chi connectivity index (χ0v) is 14.2. The molecule has 5 nitrogen and oxygen atoms in total. The fourth-order valence-corrected chi connectivity index (χ4v) is 3.89. The maximum atomic E-state index is 12.0. The van der Waals surface area contributed by atoms with Crippen LogP contribution in [0.1, 0.15) is 41.0 Å². The van der Waals surface area contributed by atoms with Gasteiger partial charge in [0, 0.05) is 35.3 Å². The van der Waals surface area contributed by atoms with Crippen LogP contribution in [0.4, 0.5) is 4.79 Å². The van der Waals surface area contributed by atoms with Gasteiger partial charge < -0.3 is 16.0 Å². The molecule has 1 fully saturated rings. The lowest BCUT2D eigenvalue weighted by Crippen LogP contribution is -2.48. The van der Waals surface area contributed by atoms with Crippen molar-refractivity contribution < 1.29 is 9.59 Å². The number of likely N-dealkylation sites (tertiary alicyclic amines) is 1. The van der Waals surface area contributed by atoms with Gasteiger partial charge in [-0.1, -0.05) is 0 Å². The van der Waals surface area contributed by atoms with Crippen molar-refractivity contribution in [2.24, 2.45) is 5.73 Å². The fourth-order valence-electron chi connectivity index (χ4n) is 2.92. The highest BCUT2D eigenvalue weighted by molar-refractivity contribution is 7.12. The summed E-state index contributed by atoms with van der Waals surface area (Å²) in [5, 5.41) is 3.07. The Labute approximate surface area is 135 Å². The second kappa shape index (κ2) is 7.63. The molecule has 1 aromatic heterocycles. The highest BCUT2D eigenvalue weighted by Crippen LogP contribution is 2.22. The summed E-state index contributed by atoms with van der Waals surface area (Å²) in [6.07, 6.45) is 3.98. The van der Waals surface area contributed by atoms with Crippen LogP contribution in [0, 0.1) is 13.8 Å². The van der Waals surface area contributed by atoms with E-state index >= 15 is 0 Å². The van der Waals surface area contributed by atoms with E-state index in [0.29, 0.717) is 19.5 Å². The number of nitrogens with zero attached hydrogens (tertiary/aromatic N) is 1. The number of carbonyl (C=O) groups excluding carboxylic acids is 2. The summed E-state index contributed by atoms with van der Waals surface area (Å²) >= 11 is 1.82. The number of aryl methyl sites for hydroxylation is 3. The Balaban J connectivity index is 1.66. The summed E-state index contributed by atoms with van der Waals surface area (Å²) in [4.78, 5) is 27.4. The maximum Gasteiger partial charge on any atom is 0.314 e. The van der Waals surface area contributed by atoms with Crippen molar-refractivity contribution in [2.75, 3.05) is 13.1 Å². The largest absolute Gasteiger partial charge is 0.353 e. The molecule has 22 heavy (non-hydrogen) atoms. The Morgan fingerprint density at radius 2 is 2.05 bits per heavy atom. The SMILES string of the molecule is Cc1cc(CCCC(=O)NC2CCN(C(N)=O)CC2)c(C)s1. The number of primary amides is 1. The number of hydrogen-bond donors (Lipinski definition) is 2. The summed E-state index contributed by atoms with van der Waals surface area (Å²) in [6.45, 7) is 5.52. The Morgan fingerprint density at radius 1 is 1.36 bits per heavy atom. The number of nitrogens with two attached hydrogens (primary N) is 1. The van der Waals surface area contributed by atoms with Crippen molar-refractivity contribution >= 4 is 23.3 Å². The van der Waals surface area contributed by atoms with Crippen molar-refractivity contribution in [1.82, 2.24) is 10.2 Å². The molecule has 1 saturated heterocycles. The van der Waals surface area contributed by atoms with Gasteiger partial charge in [0.25, 0.3) is 0 Å². The van der Waals surface area contributed by atoms with Crippen LogP contribution in [0.5, 0.6) is 0 Å². The Bertz CT molecular complexity index is 533. The molecular weight excluding hydrogens is 298 g/mol. The van der Waals surface area contributed by atoms with E-state index in [-0.39, 0.29) is 18.0 Å². The second-order valence-electron chi connectivity index (χ2n) is 5.96. The monoisotopic (exact) mass is 323 g/mol. The average molecular weight is 323 g/mol. The van der Waals surface area contributed by atoms with Gasteiger partial charge >= 0.3 is 6.03 Å². The number of nitrogens with one attached hydrogen (secondary N) is 1. The lowest BCUT2D eigenvalue weighted by atomic mass is 10.0. The van der Waals surface area contributed by atoms with Crippen molar-refractivity contribution in [3.8, 4) is 0 Å². The van der Waals surface area contributed by atoms with Gasteiger partial charge in [0.1, 0.15) is 0 Å². The highest BCUT2D eigenvalue weighted by atomic mass is 32.1. The predicted molar refractivity (Wildman–Crippen MR) is 89.1 cm³/mol. The quantitative estimate of drug-likeness (QED) is 0.873. The Morgan fingerprint density at radius 3 is 2.59 bits per heavy atom. The second-order valence-corrected chi connectivity index (χ2v) is 7.42. The van der Waals surface area contributed by atoms with Crippen LogP contribution in [0.3, 0.4) is 0 Å². The smallest absolute Gasteiger partial charge is 0.314 e. The van der Waals surface area contributed by atoms with Crippen LogP contribution >= 0.6 is 11.3 Å². The van der Waals surface area contributed by atoms with E-state index in [9.17, 15) is 9.59 Å². The molecule has 0 aliphatic carbocycles. The van der Waals surface area contributed by atoms with E-state index < -0.39 is 0 Å². The molecule has 1 aliphatic heterocycles. The minimum atomic E-state index is -0.369. The minimum absolute atomic E-state index is 0.113. The minimum Gasteiger partial charge on any atom is -0.353 e. The first-order valence-corrected chi connectivity index (χ1v) is 8.67. The molecule has 1 aromatic rings. The van der Waals surface area contributed by atoms with Crippen LogP contribution in [-0.2, 0) is 11.2 Å². The van der Waals surface area contributed by atoms with Gasteiger partial charge in [0.2, 0.25) is 5.91 Å². The number of amides is 3. The van der Waals surface area contributed by atoms with Gasteiger partial charge in [-0.2, -0.15) is 0 Å². The zero-order valence-electron chi connectivity index (χ0n) is 13.4. The van der Waals surface area contributed by atoms with Crippen molar-refractivity contribution in [1.29, 1.82) is 0 Å². The molecule has 122 valence electrons. The summed E-state index contributed by atoms with van der Waals surface area (Å²) in [6, 6.07) is 2.02. The van der Waals surface area contributed by atoms with Crippen LogP contribution < -0.4 is 11.1 Å². The normalized spacial score (nSPS) is 15.8. The van der Waals surface area contributed by atoms with E-state index in [1.807, 2.05) is 11.3 Å². The average Bonchev–Trinajstić information content (AvgIpc) is 2.77. The fraction of sp³-hybridized carbons (Fsp3) is 0.625. The van der Waals surface area contributed by atoms with Crippen molar-refractivity contribution in [3.05, 3.63) is 21.4 Å². The molecule has 1 aliphatic rings. The third-order valence-electron chi connectivity index (χ3n) is 4.17. The van der Waals surface area contributed by atoms with Gasteiger partial charge in [0.05, 0.1) is 0 Å². The molecule has 0 atom stereocenters. The summed E-state index contributed by atoms with van der Waals surface area (Å²) < 4.78 is 0. The number of thiophene rings is 1. The highest BCUT2D eigenvalue weighted by Gasteiger charge is 2.22. The van der Waals surface area contributed by atoms with Gasteiger partial charge in [-0.25, -0.2) is 4.79 Å². The predicted octanol–water partition coefficient (Wildman–Crippen LogP) is 2.35. The van der Waals surface area contributed by atoms with Crippen molar-refractivity contribution in [2.45, 2.75) is 52.0 Å². The zero-order chi connectivity index (χ0) is 16.1. The summed E-state index contributed by atoms with van der Waals surface area (Å²) in [7, 11) is 0. The van der Waals surface area contributed by atoms with Gasteiger partial charge in [0.15, 0.2) is 0 Å². The molecule has 0 radical (unpaired) electrons. The first-order chi connectivity index (χ1) is 10.5. The molecule has 6 heteroatoms. The molecular formula is C16H25N3O2S. The standard InChI is InChI=1S/C16H25N3O2S/c1-11-10-13(12(2)22-11)4-3-5-15(20)18-14-6-8-19(9-7-14)16(17)21/h10,14H,3-9H2,1-2H3,(H2,17,21)(H,18,20). The molecule has 0 spiro atoms. The topological polar surface area (TPSA) is 75.4 Å². The van der Waals surface area contributed by atoms with Gasteiger partial charge in [-0.05, 0) is 51.2 Å². The third-order valence-corrected chi connectivity index (χ3v) is 5.17. The molecule has 2 rings (SSSR count). The van der Waals surface area contributed by atoms with E-state index in [1.54, 1.807) is 4.90 Å². The van der Waals surface area contributed by atoms with Crippen LogP contribution in [0.2, 0.25) is 0 Å². The van der Waals surface area contributed by atoms with Gasteiger partial charge in [-0.3, -0.25) is 4.79 Å². The van der Waals surface area contributed by atoms with Crippen LogP contribution in [-0.4, -0.2) is 36.0 Å². The Hall–Kier alpha value is -1.56. The van der Waals surface area contributed by atoms with E-state index in [0.717, 1.165) is 25.7 Å². The van der Waals surface area contributed by atoms with Crippen molar-refractivity contribution in [3.63, 3.8) is 0 Å². The first-order valence-electron chi connectivity index (χ1n) is 7.85. The molecule has 3 amide bonds. The third kappa shape index (κ3) is 4.73. The molecule has 0 aromatic carbocycles. The van der Waals surface area contributed by atoms with Crippen LogP contribution in [0.15, 0.2) is 6.07 Å².